The first-order chi connectivity index (χ1) is 10.5. The van der Waals surface area contributed by atoms with Gasteiger partial charge in [0.05, 0.1) is 0 Å². The Morgan fingerprint density at radius 1 is 1.18 bits per heavy atom. The van der Waals surface area contributed by atoms with Crippen molar-refractivity contribution in [3.05, 3.63) is 29.8 Å². The molecule has 122 valence electrons. The molecular weight excluding hydrogens is 272 g/mol. The Hall–Kier alpha value is -1.71. The maximum Gasteiger partial charge on any atom is 0.193 e. The minimum absolute atomic E-state index is 0.738. The summed E-state index contributed by atoms with van der Waals surface area (Å²) in [5, 5.41) is 3.51. The molecule has 1 saturated heterocycles. The van der Waals surface area contributed by atoms with E-state index in [9.17, 15) is 0 Å². The molecule has 4 heteroatoms. The molecule has 0 bridgehead atoms. The van der Waals surface area contributed by atoms with Gasteiger partial charge in [-0.1, -0.05) is 26.0 Å². The van der Waals surface area contributed by atoms with Crippen molar-refractivity contribution in [2.24, 2.45) is 16.8 Å². The molecule has 0 radical (unpaired) electrons. The topological polar surface area (TPSA) is 30.9 Å². The highest BCUT2D eigenvalue weighted by atomic mass is 15.3. The SMILES string of the molecule is CN=C(NCc1ccc(N(C)C)cc1)N1CC(C)CC(C)C1. The predicted octanol–water partition coefficient (Wildman–Crippen LogP) is 2.81. The van der Waals surface area contributed by atoms with E-state index in [1.165, 1.54) is 17.7 Å². The minimum atomic E-state index is 0.738. The van der Waals surface area contributed by atoms with Crippen LogP contribution < -0.4 is 10.2 Å². The standard InChI is InChI=1S/C18H30N4/c1-14-10-15(2)13-22(12-14)18(19-3)20-11-16-6-8-17(9-7-16)21(4)5/h6-9,14-15H,10-13H2,1-5H3,(H,19,20). The zero-order valence-corrected chi connectivity index (χ0v) is 14.6. The van der Waals surface area contributed by atoms with Gasteiger partial charge in [-0.15, -0.1) is 0 Å². The Bertz CT molecular complexity index is 482. The van der Waals surface area contributed by atoms with E-state index in [-0.39, 0.29) is 0 Å². The van der Waals surface area contributed by atoms with Crippen LogP contribution in [0.25, 0.3) is 0 Å². The van der Waals surface area contributed by atoms with Crippen molar-refractivity contribution in [3.8, 4) is 0 Å². The van der Waals surface area contributed by atoms with Gasteiger partial charge in [-0.05, 0) is 36.0 Å². The largest absolute Gasteiger partial charge is 0.378 e. The van der Waals surface area contributed by atoms with Crippen LogP contribution in [0.15, 0.2) is 29.3 Å². The van der Waals surface area contributed by atoms with Crippen molar-refractivity contribution in [1.29, 1.82) is 0 Å². The van der Waals surface area contributed by atoms with Gasteiger partial charge in [0.15, 0.2) is 5.96 Å². The van der Waals surface area contributed by atoms with E-state index in [2.05, 4.69) is 72.3 Å². The molecule has 1 heterocycles. The lowest BCUT2D eigenvalue weighted by atomic mass is 9.92. The monoisotopic (exact) mass is 302 g/mol. The first-order valence-corrected chi connectivity index (χ1v) is 8.21. The molecule has 0 spiro atoms. The summed E-state index contributed by atoms with van der Waals surface area (Å²) in [4.78, 5) is 8.98. The second kappa shape index (κ2) is 7.52. The Labute approximate surface area is 135 Å². The minimum Gasteiger partial charge on any atom is -0.378 e. The van der Waals surface area contributed by atoms with Gasteiger partial charge in [0, 0.05) is 46.5 Å². The summed E-state index contributed by atoms with van der Waals surface area (Å²) in [6, 6.07) is 8.67. The zero-order chi connectivity index (χ0) is 16.1. The van der Waals surface area contributed by atoms with Crippen LogP contribution in [0, 0.1) is 11.8 Å². The molecule has 2 atom stereocenters. The molecule has 1 aromatic carbocycles. The van der Waals surface area contributed by atoms with Crippen LogP contribution in [0.1, 0.15) is 25.8 Å². The van der Waals surface area contributed by atoms with Gasteiger partial charge in [0.2, 0.25) is 0 Å². The summed E-state index contributed by atoms with van der Waals surface area (Å²) in [6.07, 6.45) is 1.32. The predicted molar refractivity (Wildman–Crippen MR) is 95.5 cm³/mol. The maximum absolute atomic E-state index is 4.46. The summed E-state index contributed by atoms with van der Waals surface area (Å²) in [6.45, 7) is 7.68. The smallest absolute Gasteiger partial charge is 0.193 e. The number of guanidine groups is 1. The molecule has 0 amide bonds. The Kier molecular flexibility index (Phi) is 5.69. The van der Waals surface area contributed by atoms with E-state index < -0.39 is 0 Å². The van der Waals surface area contributed by atoms with Gasteiger partial charge < -0.3 is 15.1 Å². The number of nitrogens with one attached hydrogen (secondary N) is 1. The van der Waals surface area contributed by atoms with Crippen molar-refractivity contribution in [2.45, 2.75) is 26.8 Å². The van der Waals surface area contributed by atoms with Crippen LogP contribution in [0.2, 0.25) is 0 Å². The zero-order valence-electron chi connectivity index (χ0n) is 14.6. The lowest BCUT2D eigenvalue weighted by Crippen LogP contribution is -2.48. The molecule has 0 saturated carbocycles. The molecule has 2 unspecified atom stereocenters. The van der Waals surface area contributed by atoms with Gasteiger partial charge in [-0.25, -0.2) is 0 Å². The fourth-order valence-corrected chi connectivity index (χ4v) is 3.26. The molecule has 0 aliphatic carbocycles. The molecule has 1 aliphatic heterocycles. The highest BCUT2D eigenvalue weighted by Gasteiger charge is 2.23. The highest BCUT2D eigenvalue weighted by Crippen LogP contribution is 2.21. The van der Waals surface area contributed by atoms with Crippen molar-refractivity contribution in [3.63, 3.8) is 0 Å². The summed E-state index contributed by atoms with van der Waals surface area (Å²) in [7, 11) is 6.00. The van der Waals surface area contributed by atoms with Crippen molar-refractivity contribution < 1.29 is 0 Å². The van der Waals surface area contributed by atoms with Gasteiger partial charge in [-0.2, -0.15) is 0 Å². The lowest BCUT2D eigenvalue weighted by molar-refractivity contribution is 0.208. The average molecular weight is 302 g/mol. The fraction of sp³-hybridized carbons (Fsp3) is 0.611. The Balaban J connectivity index is 1.93. The third-order valence-electron chi connectivity index (χ3n) is 4.28. The lowest BCUT2D eigenvalue weighted by Gasteiger charge is -2.37. The molecule has 0 aromatic heterocycles. The number of anilines is 1. The molecule has 1 aliphatic rings. The maximum atomic E-state index is 4.46. The molecule has 1 N–H and O–H groups in total. The number of piperidine rings is 1. The van der Waals surface area contributed by atoms with Crippen LogP contribution in [-0.4, -0.2) is 45.1 Å². The molecular formula is C18H30N4. The summed E-state index contributed by atoms with van der Waals surface area (Å²) >= 11 is 0. The number of hydrogen-bond donors (Lipinski definition) is 1. The van der Waals surface area contributed by atoms with Crippen LogP contribution in [0.4, 0.5) is 5.69 Å². The Morgan fingerprint density at radius 3 is 2.27 bits per heavy atom. The van der Waals surface area contributed by atoms with Crippen molar-refractivity contribution in [1.82, 2.24) is 10.2 Å². The summed E-state index contributed by atoms with van der Waals surface area (Å²) < 4.78 is 0. The molecule has 1 fully saturated rings. The molecule has 2 rings (SSSR count). The van der Waals surface area contributed by atoms with Crippen LogP contribution in [-0.2, 0) is 6.54 Å². The molecule has 1 aromatic rings. The van der Waals surface area contributed by atoms with Crippen LogP contribution >= 0.6 is 0 Å². The van der Waals surface area contributed by atoms with Crippen LogP contribution in [0.3, 0.4) is 0 Å². The third-order valence-corrected chi connectivity index (χ3v) is 4.28. The third kappa shape index (κ3) is 4.39. The number of hydrogen-bond acceptors (Lipinski definition) is 2. The normalized spacial score (nSPS) is 22.6. The summed E-state index contributed by atoms with van der Waals surface area (Å²) in [5.41, 5.74) is 2.51. The first-order valence-electron chi connectivity index (χ1n) is 8.21. The van der Waals surface area contributed by atoms with Crippen molar-refractivity contribution >= 4 is 11.6 Å². The first kappa shape index (κ1) is 16.7. The second-order valence-electron chi connectivity index (χ2n) is 6.81. The quantitative estimate of drug-likeness (QED) is 0.688. The summed E-state index contributed by atoms with van der Waals surface area (Å²) in [5.74, 6) is 2.50. The number of rotatable bonds is 3. The number of aliphatic imine (C=N–C) groups is 1. The number of nitrogens with zero attached hydrogens (tertiary/aromatic N) is 3. The fourth-order valence-electron chi connectivity index (χ4n) is 3.26. The van der Waals surface area contributed by atoms with Crippen molar-refractivity contribution in [2.75, 3.05) is 39.1 Å². The average Bonchev–Trinajstić information content (AvgIpc) is 2.47. The van der Waals surface area contributed by atoms with E-state index in [1.54, 1.807) is 0 Å². The second-order valence-corrected chi connectivity index (χ2v) is 6.81. The molecule has 4 nitrogen and oxygen atoms in total. The van der Waals surface area contributed by atoms with Gasteiger partial charge in [-0.3, -0.25) is 4.99 Å². The van der Waals surface area contributed by atoms with Gasteiger partial charge >= 0.3 is 0 Å². The van der Waals surface area contributed by atoms with E-state index in [4.69, 9.17) is 0 Å². The van der Waals surface area contributed by atoms with E-state index in [1.807, 2.05) is 7.05 Å². The van der Waals surface area contributed by atoms with E-state index in [0.29, 0.717) is 0 Å². The van der Waals surface area contributed by atoms with Crippen LogP contribution in [0.5, 0.6) is 0 Å². The highest BCUT2D eigenvalue weighted by molar-refractivity contribution is 5.80. The van der Waals surface area contributed by atoms with E-state index in [0.717, 1.165) is 37.4 Å². The van der Waals surface area contributed by atoms with Gasteiger partial charge in [0.1, 0.15) is 0 Å². The number of benzene rings is 1. The molecule has 22 heavy (non-hydrogen) atoms. The number of likely N-dealkylation sites (tertiary alicyclic amines) is 1. The van der Waals surface area contributed by atoms with Gasteiger partial charge in [0.25, 0.3) is 0 Å². The van der Waals surface area contributed by atoms with E-state index >= 15 is 0 Å². The Morgan fingerprint density at radius 2 is 1.77 bits per heavy atom.